The van der Waals surface area contributed by atoms with Crippen molar-refractivity contribution in [3.05, 3.63) is 41.7 Å². The summed E-state index contributed by atoms with van der Waals surface area (Å²) in [6.45, 7) is 0. The number of ether oxygens (including phenoxy) is 1. The van der Waals surface area contributed by atoms with Crippen LogP contribution in [-0.2, 0) is 0 Å². The highest BCUT2D eigenvalue weighted by Crippen LogP contribution is 2.17. The lowest BCUT2D eigenvalue weighted by Crippen LogP contribution is -2.10. The van der Waals surface area contributed by atoms with Crippen molar-refractivity contribution in [2.75, 3.05) is 13.4 Å². The summed E-state index contributed by atoms with van der Waals surface area (Å²) < 4.78 is 4.98. The quantitative estimate of drug-likeness (QED) is 0.284. The van der Waals surface area contributed by atoms with Crippen LogP contribution in [-0.4, -0.2) is 29.3 Å². The predicted octanol–water partition coefficient (Wildman–Crippen LogP) is 2.66. The Bertz CT molecular complexity index is 451. The summed E-state index contributed by atoms with van der Waals surface area (Å²) >= 11 is 1.10. The van der Waals surface area contributed by atoms with Crippen molar-refractivity contribution in [2.45, 2.75) is 0 Å². The van der Waals surface area contributed by atoms with Gasteiger partial charge in [0.2, 0.25) is 0 Å². The van der Waals surface area contributed by atoms with Crippen molar-refractivity contribution in [3.8, 4) is 5.75 Å². The van der Waals surface area contributed by atoms with Gasteiger partial charge in [-0.05, 0) is 30.5 Å². The molecule has 4 nitrogen and oxygen atoms in total. The molecular formula is C12H13NO3S. The van der Waals surface area contributed by atoms with Crippen LogP contribution in [0.5, 0.6) is 5.75 Å². The first-order chi connectivity index (χ1) is 8.13. The topological polar surface area (TPSA) is 70.4 Å². The summed E-state index contributed by atoms with van der Waals surface area (Å²) in [6.07, 6.45) is 2.35. The molecule has 0 amide bonds. The van der Waals surface area contributed by atoms with Gasteiger partial charge in [-0.3, -0.25) is 10.2 Å². The van der Waals surface area contributed by atoms with Crippen LogP contribution >= 0.6 is 11.8 Å². The molecule has 0 aliphatic carbocycles. The van der Waals surface area contributed by atoms with Crippen molar-refractivity contribution in [3.63, 3.8) is 0 Å². The van der Waals surface area contributed by atoms with E-state index in [2.05, 4.69) is 0 Å². The molecule has 0 aromatic heterocycles. The van der Waals surface area contributed by atoms with Gasteiger partial charge in [0.25, 0.3) is 0 Å². The van der Waals surface area contributed by atoms with E-state index in [9.17, 15) is 4.79 Å². The summed E-state index contributed by atoms with van der Waals surface area (Å²) in [5.41, 5.74) is 0.396. The molecule has 5 heteroatoms. The van der Waals surface area contributed by atoms with Crippen molar-refractivity contribution < 1.29 is 14.6 Å². The Hall–Kier alpha value is -1.75. The van der Waals surface area contributed by atoms with Gasteiger partial charge >= 0.3 is 0 Å². The normalized spacial score (nSPS) is 11.1. The molecule has 2 N–H and O–H groups in total. The van der Waals surface area contributed by atoms with E-state index in [4.69, 9.17) is 15.3 Å². The van der Waals surface area contributed by atoms with Gasteiger partial charge in [-0.2, -0.15) is 0 Å². The molecule has 1 aromatic rings. The van der Waals surface area contributed by atoms with Crippen LogP contribution < -0.4 is 4.74 Å². The molecule has 0 radical (unpaired) electrons. The van der Waals surface area contributed by atoms with Crippen LogP contribution in [0.1, 0.15) is 10.4 Å². The zero-order valence-corrected chi connectivity index (χ0v) is 10.4. The molecule has 0 heterocycles. The van der Waals surface area contributed by atoms with E-state index in [1.54, 1.807) is 37.6 Å². The Morgan fingerprint density at radius 1 is 1.41 bits per heavy atom. The second-order valence-electron chi connectivity index (χ2n) is 3.13. The lowest BCUT2D eigenvalue weighted by Gasteiger charge is -2.05. The number of nitrogens with one attached hydrogen (secondary N) is 1. The van der Waals surface area contributed by atoms with E-state index in [-0.39, 0.29) is 16.4 Å². The van der Waals surface area contributed by atoms with E-state index in [0.29, 0.717) is 17.6 Å². The minimum atomic E-state index is -0.380. The van der Waals surface area contributed by atoms with Crippen LogP contribution in [0.4, 0.5) is 0 Å². The molecule has 0 bridgehead atoms. The fourth-order valence-electron chi connectivity index (χ4n) is 1.23. The first kappa shape index (κ1) is 13.3. The number of methoxy groups -OCH3 is 1. The molecule has 1 rings (SSSR count). The number of benzene rings is 1. The third-order valence-electron chi connectivity index (χ3n) is 2.17. The van der Waals surface area contributed by atoms with E-state index in [1.165, 1.54) is 0 Å². The molecular weight excluding hydrogens is 238 g/mol. The average Bonchev–Trinajstić information content (AvgIpc) is 2.39. The monoisotopic (exact) mass is 251 g/mol. The third kappa shape index (κ3) is 3.10. The molecule has 0 unspecified atom stereocenters. The van der Waals surface area contributed by atoms with E-state index in [1.807, 2.05) is 0 Å². The number of aliphatic hydroxyl groups is 1. The van der Waals surface area contributed by atoms with Gasteiger partial charge in [0, 0.05) is 5.56 Å². The zero-order chi connectivity index (χ0) is 12.8. The molecule has 1 aromatic carbocycles. The van der Waals surface area contributed by atoms with Gasteiger partial charge in [0.15, 0.2) is 5.78 Å². The minimum Gasteiger partial charge on any atom is -0.515 e. The van der Waals surface area contributed by atoms with Crippen LogP contribution in [0.25, 0.3) is 0 Å². The molecule has 0 saturated heterocycles. The SMILES string of the molecule is COc1ccc(C(=O)/C(=C\O)C(=N)SC)cc1. The Balaban J connectivity index is 2.99. The fraction of sp³-hybridized carbons (Fsp3) is 0.167. The van der Waals surface area contributed by atoms with Crippen LogP contribution in [0, 0.1) is 5.41 Å². The Morgan fingerprint density at radius 2 is 2.00 bits per heavy atom. The maximum atomic E-state index is 12.0. The van der Waals surface area contributed by atoms with Gasteiger partial charge < -0.3 is 9.84 Å². The van der Waals surface area contributed by atoms with Gasteiger partial charge in [-0.25, -0.2) is 0 Å². The second-order valence-corrected chi connectivity index (χ2v) is 3.95. The number of carbonyl (C=O) groups is 1. The summed E-state index contributed by atoms with van der Waals surface area (Å²) in [4.78, 5) is 12.0. The zero-order valence-electron chi connectivity index (χ0n) is 9.56. The lowest BCUT2D eigenvalue weighted by molar-refractivity contribution is 0.103. The van der Waals surface area contributed by atoms with Gasteiger partial charge in [-0.15, -0.1) is 11.8 Å². The number of ketones is 1. The van der Waals surface area contributed by atoms with Gasteiger partial charge in [0.05, 0.1) is 18.9 Å². The highest BCUT2D eigenvalue weighted by atomic mass is 32.2. The van der Waals surface area contributed by atoms with Crippen molar-refractivity contribution in [2.24, 2.45) is 0 Å². The number of hydrogen-bond donors (Lipinski definition) is 2. The Labute approximate surface area is 104 Å². The minimum absolute atomic E-state index is 0.0114. The van der Waals surface area contributed by atoms with Crippen LogP contribution in [0.2, 0.25) is 0 Å². The number of Topliss-reactive ketones (excluding diaryl/α,β-unsaturated/α-hetero) is 1. The highest BCUT2D eigenvalue weighted by molar-refractivity contribution is 8.13. The Morgan fingerprint density at radius 3 is 2.41 bits per heavy atom. The molecule has 0 saturated carbocycles. The van der Waals surface area contributed by atoms with Crippen LogP contribution in [0.3, 0.4) is 0 Å². The molecule has 90 valence electrons. The standard InChI is InChI=1S/C12H13NO3S/c1-16-9-5-3-8(4-6-9)11(15)10(7-14)12(13)17-2/h3-7,13-14H,1-2H3/b10-7+,13-12?. The summed E-state index contributed by atoms with van der Waals surface area (Å²) in [7, 11) is 1.54. The lowest BCUT2D eigenvalue weighted by atomic mass is 10.1. The summed E-state index contributed by atoms with van der Waals surface area (Å²) in [5.74, 6) is 0.269. The Kier molecular flexibility index (Phi) is 4.78. The number of thioether (sulfide) groups is 1. The third-order valence-corrected chi connectivity index (χ3v) is 2.80. The van der Waals surface area contributed by atoms with Gasteiger partial charge in [0.1, 0.15) is 10.8 Å². The largest absolute Gasteiger partial charge is 0.515 e. The number of carbonyl (C=O) groups excluding carboxylic acids is 1. The number of aliphatic hydroxyl groups excluding tert-OH is 1. The molecule has 0 aliphatic rings. The first-order valence-electron chi connectivity index (χ1n) is 4.80. The molecule has 0 aliphatic heterocycles. The molecule has 0 fully saturated rings. The fourth-order valence-corrected chi connectivity index (χ4v) is 1.59. The summed E-state index contributed by atoms with van der Waals surface area (Å²) in [6, 6.07) is 6.51. The predicted molar refractivity (Wildman–Crippen MR) is 69.3 cm³/mol. The van der Waals surface area contributed by atoms with Crippen molar-refractivity contribution in [1.29, 1.82) is 5.41 Å². The molecule has 0 spiro atoms. The summed E-state index contributed by atoms with van der Waals surface area (Å²) in [5, 5.41) is 16.6. The van der Waals surface area contributed by atoms with Crippen molar-refractivity contribution >= 4 is 22.6 Å². The van der Waals surface area contributed by atoms with E-state index < -0.39 is 0 Å². The van der Waals surface area contributed by atoms with E-state index in [0.717, 1.165) is 11.8 Å². The van der Waals surface area contributed by atoms with E-state index >= 15 is 0 Å². The van der Waals surface area contributed by atoms with Crippen molar-refractivity contribution in [1.82, 2.24) is 0 Å². The first-order valence-corrected chi connectivity index (χ1v) is 6.02. The number of rotatable bonds is 4. The van der Waals surface area contributed by atoms with Gasteiger partial charge in [-0.1, -0.05) is 0 Å². The second kappa shape index (κ2) is 6.10. The molecule has 0 atom stereocenters. The van der Waals surface area contributed by atoms with Crippen LogP contribution in [0.15, 0.2) is 36.1 Å². The molecule has 17 heavy (non-hydrogen) atoms. The average molecular weight is 251 g/mol. The maximum Gasteiger partial charge on any atom is 0.198 e. The smallest absolute Gasteiger partial charge is 0.198 e. The highest BCUT2D eigenvalue weighted by Gasteiger charge is 2.16. The maximum absolute atomic E-state index is 12.0. The number of hydrogen-bond acceptors (Lipinski definition) is 5.